The SMILES string of the molecule is CCOC(=O)c1cnc2ccc(OC)cc2c1C1=NC(C)N=C1. The van der Waals surface area contributed by atoms with E-state index >= 15 is 0 Å². The first-order chi connectivity index (χ1) is 11.1. The zero-order chi connectivity index (χ0) is 16.4. The molecule has 3 rings (SSSR count). The Hall–Kier alpha value is -2.76. The molecule has 0 spiro atoms. The Bertz CT molecular complexity index is 827. The van der Waals surface area contributed by atoms with Crippen molar-refractivity contribution in [1.82, 2.24) is 4.98 Å². The maximum atomic E-state index is 12.3. The molecule has 1 unspecified atom stereocenters. The van der Waals surface area contributed by atoms with Crippen molar-refractivity contribution in [2.45, 2.75) is 20.0 Å². The van der Waals surface area contributed by atoms with Crippen LogP contribution in [0.5, 0.6) is 5.75 Å². The summed E-state index contributed by atoms with van der Waals surface area (Å²) in [7, 11) is 1.60. The van der Waals surface area contributed by atoms with Crippen LogP contribution in [0.25, 0.3) is 10.9 Å². The lowest BCUT2D eigenvalue weighted by atomic mass is 9.99. The second kappa shape index (κ2) is 6.16. The van der Waals surface area contributed by atoms with Crippen molar-refractivity contribution in [3.63, 3.8) is 0 Å². The van der Waals surface area contributed by atoms with Gasteiger partial charge < -0.3 is 9.47 Å². The highest BCUT2D eigenvalue weighted by molar-refractivity contribution is 6.43. The number of pyridine rings is 1. The lowest BCUT2D eigenvalue weighted by molar-refractivity contribution is 0.0526. The molecule has 0 N–H and O–H groups in total. The number of fused-ring (bicyclic) bond motifs is 1. The third-order valence-electron chi connectivity index (χ3n) is 3.57. The van der Waals surface area contributed by atoms with E-state index in [2.05, 4.69) is 15.0 Å². The van der Waals surface area contributed by atoms with Crippen LogP contribution < -0.4 is 4.74 Å². The molecule has 1 aliphatic rings. The Morgan fingerprint density at radius 2 is 2.17 bits per heavy atom. The van der Waals surface area contributed by atoms with Gasteiger partial charge in [0.1, 0.15) is 11.9 Å². The molecule has 118 valence electrons. The molecule has 2 heterocycles. The van der Waals surface area contributed by atoms with Gasteiger partial charge in [-0.25, -0.2) is 4.79 Å². The fourth-order valence-electron chi connectivity index (χ4n) is 2.51. The van der Waals surface area contributed by atoms with Gasteiger partial charge in [-0.1, -0.05) is 0 Å². The smallest absolute Gasteiger partial charge is 0.340 e. The number of ether oxygens (including phenoxy) is 2. The Kier molecular flexibility index (Phi) is 4.06. The zero-order valence-corrected chi connectivity index (χ0v) is 13.2. The molecule has 1 aromatic heterocycles. The van der Waals surface area contributed by atoms with E-state index < -0.39 is 5.97 Å². The molecule has 6 nitrogen and oxygen atoms in total. The Balaban J connectivity index is 2.28. The number of hydrogen-bond donors (Lipinski definition) is 0. The Morgan fingerprint density at radius 3 is 2.83 bits per heavy atom. The molecule has 6 heteroatoms. The Morgan fingerprint density at radius 1 is 1.35 bits per heavy atom. The number of rotatable bonds is 4. The topological polar surface area (TPSA) is 73.1 Å². The summed E-state index contributed by atoms with van der Waals surface area (Å²) in [5, 5.41) is 0.786. The molecule has 2 aromatic rings. The summed E-state index contributed by atoms with van der Waals surface area (Å²) >= 11 is 0. The van der Waals surface area contributed by atoms with Crippen LogP contribution in [-0.2, 0) is 4.74 Å². The second-order valence-corrected chi connectivity index (χ2v) is 5.07. The van der Waals surface area contributed by atoms with Crippen LogP contribution in [-0.4, -0.2) is 42.8 Å². The van der Waals surface area contributed by atoms with Gasteiger partial charge in [-0.15, -0.1) is 0 Å². The molecular weight excluding hydrogens is 294 g/mol. The molecule has 1 atom stereocenters. The van der Waals surface area contributed by atoms with Crippen molar-refractivity contribution in [2.75, 3.05) is 13.7 Å². The van der Waals surface area contributed by atoms with Crippen LogP contribution in [0.4, 0.5) is 0 Å². The molecule has 1 aromatic carbocycles. The first kappa shape index (κ1) is 15.1. The number of nitrogens with zero attached hydrogens (tertiary/aromatic N) is 3. The summed E-state index contributed by atoms with van der Waals surface area (Å²) in [5.41, 5.74) is 2.47. The highest BCUT2D eigenvalue weighted by Crippen LogP contribution is 2.27. The zero-order valence-electron chi connectivity index (χ0n) is 13.2. The van der Waals surface area contributed by atoms with Crippen LogP contribution in [0, 0.1) is 0 Å². The van der Waals surface area contributed by atoms with Gasteiger partial charge in [-0.05, 0) is 32.0 Å². The molecule has 0 amide bonds. The van der Waals surface area contributed by atoms with Gasteiger partial charge in [-0.2, -0.15) is 0 Å². The summed E-state index contributed by atoms with van der Waals surface area (Å²) in [6, 6.07) is 5.53. The van der Waals surface area contributed by atoms with E-state index in [4.69, 9.17) is 9.47 Å². The average Bonchev–Trinajstić information content (AvgIpc) is 2.99. The number of hydrogen-bond acceptors (Lipinski definition) is 6. The second-order valence-electron chi connectivity index (χ2n) is 5.07. The largest absolute Gasteiger partial charge is 0.497 e. The third kappa shape index (κ3) is 2.79. The summed E-state index contributed by atoms with van der Waals surface area (Å²) < 4.78 is 10.4. The van der Waals surface area contributed by atoms with E-state index in [0.29, 0.717) is 29.2 Å². The molecule has 0 saturated carbocycles. The predicted molar refractivity (Wildman–Crippen MR) is 88.7 cm³/mol. The fraction of sp³-hybridized carbons (Fsp3) is 0.294. The maximum absolute atomic E-state index is 12.3. The molecule has 0 bridgehead atoms. The highest BCUT2D eigenvalue weighted by Gasteiger charge is 2.22. The minimum atomic E-state index is -0.421. The van der Waals surface area contributed by atoms with Crippen molar-refractivity contribution < 1.29 is 14.3 Å². The minimum Gasteiger partial charge on any atom is -0.497 e. The van der Waals surface area contributed by atoms with E-state index in [1.165, 1.54) is 6.20 Å². The first-order valence-electron chi connectivity index (χ1n) is 7.39. The number of aromatic nitrogens is 1. The van der Waals surface area contributed by atoms with Gasteiger partial charge in [-0.3, -0.25) is 15.0 Å². The molecular formula is C17H17N3O3. The summed E-state index contributed by atoms with van der Waals surface area (Å²) in [6.07, 6.45) is 3.05. The number of benzene rings is 1. The van der Waals surface area contributed by atoms with Crippen LogP contribution in [0.2, 0.25) is 0 Å². The van der Waals surface area contributed by atoms with Gasteiger partial charge in [0.2, 0.25) is 0 Å². The van der Waals surface area contributed by atoms with Crippen molar-refractivity contribution in [1.29, 1.82) is 0 Å². The molecule has 0 aliphatic carbocycles. The lowest BCUT2D eigenvalue weighted by Crippen LogP contribution is -2.14. The number of carbonyl (C=O) groups excluding carboxylic acids is 1. The normalized spacial score (nSPS) is 16.5. The standard InChI is InChI=1S/C17H17N3O3/c1-4-23-17(21)13-8-19-14-6-5-11(22-3)7-12(14)16(13)15-9-18-10(2)20-15/h5-10H,4H2,1-3H3. The van der Waals surface area contributed by atoms with Crippen molar-refractivity contribution in [3.8, 4) is 5.75 Å². The van der Waals surface area contributed by atoms with Crippen LogP contribution in [0.3, 0.4) is 0 Å². The number of carbonyl (C=O) groups is 1. The fourth-order valence-corrected chi connectivity index (χ4v) is 2.51. The van der Waals surface area contributed by atoms with E-state index in [1.54, 1.807) is 20.2 Å². The summed E-state index contributed by atoms with van der Waals surface area (Å²) in [4.78, 5) is 25.4. The van der Waals surface area contributed by atoms with Crippen LogP contribution in [0.15, 0.2) is 34.4 Å². The van der Waals surface area contributed by atoms with E-state index in [1.807, 2.05) is 25.1 Å². The Labute approximate surface area is 133 Å². The van der Waals surface area contributed by atoms with Crippen LogP contribution in [0.1, 0.15) is 29.8 Å². The summed E-state index contributed by atoms with van der Waals surface area (Å²) in [5.74, 6) is 0.264. The molecule has 0 radical (unpaired) electrons. The van der Waals surface area contributed by atoms with Crippen molar-refractivity contribution in [3.05, 3.63) is 35.5 Å². The van der Waals surface area contributed by atoms with Gasteiger partial charge >= 0.3 is 5.97 Å². The number of methoxy groups -OCH3 is 1. The lowest BCUT2D eigenvalue weighted by Gasteiger charge is -2.12. The minimum absolute atomic E-state index is 0.158. The van der Waals surface area contributed by atoms with E-state index in [9.17, 15) is 4.79 Å². The molecule has 1 aliphatic heterocycles. The van der Waals surface area contributed by atoms with Gasteiger partial charge in [0.25, 0.3) is 0 Å². The van der Waals surface area contributed by atoms with E-state index in [0.717, 1.165) is 10.9 Å². The molecule has 0 fully saturated rings. The number of aliphatic imine (C=N–C) groups is 2. The van der Waals surface area contributed by atoms with Gasteiger partial charge in [0.05, 0.1) is 30.5 Å². The van der Waals surface area contributed by atoms with Crippen molar-refractivity contribution >= 4 is 28.8 Å². The first-order valence-corrected chi connectivity index (χ1v) is 7.39. The van der Waals surface area contributed by atoms with Gasteiger partial charge in [0, 0.05) is 23.4 Å². The van der Waals surface area contributed by atoms with Crippen LogP contribution >= 0.6 is 0 Å². The average molecular weight is 311 g/mol. The number of esters is 1. The molecule has 23 heavy (non-hydrogen) atoms. The van der Waals surface area contributed by atoms with Gasteiger partial charge in [0.15, 0.2) is 0 Å². The summed E-state index contributed by atoms with van der Waals surface area (Å²) in [6.45, 7) is 3.95. The van der Waals surface area contributed by atoms with E-state index in [-0.39, 0.29) is 6.17 Å². The quantitative estimate of drug-likeness (QED) is 0.814. The monoisotopic (exact) mass is 311 g/mol. The highest BCUT2D eigenvalue weighted by atomic mass is 16.5. The third-order valence-corrected chi connectivity index (χ3v) is 3.57. The van der Waals surface area contributed by atoms with Crippen molar-refractivity contribution in [2.24, 2.45) is 9.98 Å². The maximum Gasteiger partial charge on any atom is 0.340 e. The predicted octanol–water partition coefficient (Wildman–Crippen LogP) is 2.64. The molecule has 0 saturated heterocycles.